The molecule has 0 saturated carbocycles. The summed E-state index contributed by atoms with van der Waals surface area (Å²) < 4.78 is 3.47. The average molecular weight is 306 g/mol. The van der Waals surface area contributed by atoms with Crippen molar-refractivity contribution in [2.24, 2.45) is 0 Å². The van der Waals surface area contributed by atoms with Crippen LogP contribution < -0.4 is 24.8 Å². The summed E-state index contributed by atoms with van der Waals surface area (Å²) in [7, 11) is 0. The van der Waals surface area contributed by atoms with Gasteiger partial charge in [-0.05, 0) is 0 Å². The molecule has 14 heavy (non-hydrogen) atoms. The van der Waals surface area contributed by atoms with Crippen molar-refractivity contribution in [3.05, 3.63) is 42.5 Å². The minimum absolute atomic E-state index is 0. The van der Waals surface area contributed by atoms with Crippen molar-refractivity contribution in [1.29, 1.82) is 0 Å². The maximum absolute atomic E-state index is 2.39. The first-order chi connectivity index (χ1) is 5.84. The SMILES string of the molecule is CC1=CC[C]([Zr+2][C]2=CC=CC2)=C1.[Cl-].[Cl-]. The van der Waals surface area contributed by atoms with Crippen molar-refractivity contribution >= 4 is 0 Å². The average Bonchev–Trinajstić information content (AvgIpc) is 2.63. The molecule has 3 heteroatoms. The molecule has 0 atom stereocenters. The van der Waals surface area contributed by atoms with Crippen LogP contribution in [0.1, 0.15) is 19.8 Å². The van der Waals surface area contributed by atoms with Gasteiger partial charge in [0.15, 0.2) is 0 Å². The predicted molar refractivity (Wildman–Crippen MR) is 48.3 cm³/mol. The van der Waals surface area contributed by atoms with Gasteiger partial charge in [-0.2, -0.15) is 0 Å². The molecule has 0 heterocycles. The molecule has 0 spiro atoms. The van der Waals surface area contributed by atoms with Crippen LogP contribution in [0.25, 0.3) is 0 Å². The zero-order chi connectivity index (χ0) is 8.39. The molecule has 0 aromatic heterocycles. The van der Waals surface area contributed by atoms with Gasteiger partial charge in [0, 0.05) is 0 Å². The van der Waals surface area contributed by atoms with Crippen LogP contribution in [0.3, 0.4) is 0 Å². The van der Waals surface area contributed by atoms with E-state index in [-0.39, 0.29) is 48.0 Å². The van der Waals surface area contributed by atoms with Gasteiger partial charge in [-0.15, -0.1) is 0 Å². The first kappa shape index (κ1) is 14.4. The van der Waals surface area contributed by atoms with Gasteiger partial charge >= 0.3 is 85.5 Å². The molecule has 2 rings (SSSR count). The Bertz CT molecular complexity index is 311. The molecule has 0 fully saturated rings. The number of hydrogen-bond acceptors (Lipinski definition) is 0. The molecule has 74 valence electrons. The molecule has 0 bridgehead atoms. The van der Waals surface area contributed by atoms with Gasteiger partial charge in [0.25, 0.3) is 0 Å². The van der Waals surface area contributed by atoms with Crippen LogP contribution in [-0.4, -0.2) is 0 Å². The molecule has 0 unspecified atom stereocenters. The molecule has 0 nitrogen and oxygen atoms in total. The van der Waals surface area contributed by atoms with E-state index in [1.54, 1.807) is 6.56 Å². The summed E-state index contributed by atoms with van der Waals surface area (Å²) >= 11 is -0.338. The van der Waals surface area contributed by atoms with Gasteiger partial charge in [-0.1, -0.05) is 0 Å². The van der Waals surface area contributed by atoms with Crippen LogP contribution in [0.2, 0.25) is 0 Å². The first-order valence-electron chi connectivity index (χ1n) is 4.34. The molecule has 0 aliphatic heterocycles. The van der Waals surface area contributed by atoms with Gasteiger partial charge < -0.3 is 24.8 Å². The fourth-order valence-electron chi connectivity index (χ4n) is 1.50. The smallest absolute Gasteiger partial charge is 1.00 e. The van der Waals surface area contributed by atoms with Crippen molar-refractivity contribution in [2.75, 3.05) is 0 Å². The summed E-state index contributed by atoms with van der Waals surface area (Å²) in [6.45, 7) is 2.20. The largest absolute Gasteiger partial charge is 1.00 e. The fraction of sp³-hybridized carbons (Fsp3) is 0.273. The van der Waals surface area contributed by atoms with Crippen LogP contribution in [0.15, 0.2) is 42.5 Å². The molecule has 2 aliphatic rings. The summed E-state index contributed by atoms with van der Waals surface area (Å²) in [4.78, 5) is 0. The minimum Gasteiger partial charge on any atom is -1.00 e. The van der Waals surface area contributed by atoms with Gasteiger partial charge in [0.1, 0.15) is 0 Å². The molecule has 0 amide bonds. The Hall–Kier alpha value is 0.423. The van der Waals surface area contributed by atoms with Crippen molar-refractivity contribution in [3.63, 3.8) is 0 Å². The van der Waals surface area contributed by atoms with Gasteiger partial charge in [0.2, 0.25) is 0 Å². The molecule has 0 aromatic carbocycles. The van der Waals surface area contributed by atoms with E-state index in [1.165, 1.54) is 18.4 Å². The van der Waals surface area contributed by atoms with Crippen molar-refractivity contribution in [3.8, 4) is 0 Å². The van der Waals surface area contributed by atoms with E-state index in [0.717, 1.165) is 0 Å². The molecule has 0 saturated heterocycles. The molecule has 0 radical (unpaired) electrons. The van der Waals surface area contributed by atoms with Gasteiger partial charge in [-0.3, -0.25) is 0 Å². The first-order valence-corrected chi connectivity index (χ1v) is 6.80. The Labute approximate surface area is 110 Å². The van der Waals surface area contributed by atoms with Crippen LogP contribution >= 0.6 is 0 Å². The zero-order valence-corrected chi connectivity index (χ0v) is 12.0. The van der Waals surface area contributed by atoms with Crippen LogP contribution in [0.4, 0.5) is 0 Å². The third-order valence-corrected chi connectivity index (χ3v) is 5.48. The van der Waals surface area contributed by atoms with E-state index in [1.807, 2.05) is 0 Å². The second-order valence-electron chi connectivity index (χ2n) is 3.27. The van der Waals surface area contributed by atoms with E-state index in [4.69, 9.17) is 0 Å². The van der Waals surface area contributed by atoms with Crippen molar-refractivity contribution < 1.29 is 48.0 Å². The van der Waals surface area contributed by atoms with E-state index in [2.05, 4.69) is 37.3 Å². The Kier molecular flexibility index (Phi) is 7.03. The number of halogens is 2. The normalized spacial score (nSPS) is 17.4. The second kappa shape index (κ2) is 6.82. The molecule has 0 aromatic rings. The van der Waals surface area contributed by atoms with E-state index in [0.29, 0.717) is 0 Å². The van der Waals surface area contributed by atoms with E-state index >= 15 is 0 Å². The topological polar surface area (TPSA) is 0 Å². The summed E-state index contributed by atoms with van der Waals surface area (Å²) in [6.07, 6.45) is 14.0. The zero-order valence-electron chi connectivity index (χ0n) is 8.06. The van der Waals surface area contributed by atoms with E-state index < -0.39 is 0 Å². The molecular formula is C11H12Cl2Zr. The van der Waals surface area contributed by atoms with Crippen molar-refractivity contribution in [2.45, 2.75) is 19.8 Å². The third kappa shape index (κ3) is 3.89. The fourth-order valence-corrected chi connectivity index (χ4v) is 4.73. The Morgan fingerprint density at radius 3 is 2.43 bits per heavy atom. The van der Waals surface area contributed by atoms with E-state index in [9.17, 15) is 0 Å². The number of allylic oxidation sites excluding steroid dienone is 8. The molecule has 2 aliphatic carbocycles. The van der Waals surface area contributed by atoms with Crippen LogP contribution in [0.5, 0.6) is 0 Å². The monoisotopic (exact) mass is 304 g/mol. The minimum atomic E-state index is -0.338. The summed E-state index contributed by atoms with van der Waals surface area (Å²) in [5.74, 6) is 0. The number of hydrogen-bond donors (Lipinski definition) is 0. The number of rotatable bonds is 2. The van der Waals surface area contributed by atoms with Gasteiger partial charge in [-0.25, -0.2) is 0 Å². The Morgan fingerprint density at radius 1 is 1.14 bits per heavy atom. The Morgan fingerprint density at radius 2 is 1.93 bits per heavy atom. The quantitative estimate of drug-likeness (QED) is 0.515. The Balaban J connectivity index is 0.000000845. The molecular weight excluding hydrogens is 294 g/mol. The maximum Gasteiger partial charge on any atom is -1.00 e. The predicted octanol–water partition coefficient (Wildman–Crippen LogP) is -2.85. The third-order valence-electron chi connectivity index (χ3n) is 2.14. The molecule has 0 N–H and O–H groups in total. The second-order valence-corrected chi connectivity index (χ2v) is 7.04. The summed E-state index contributed by atoms with van der Waals surface area (Å²) in [5, 5.41) is 0. The van der Waals surface area contributed by atoms with Crippen LogP contribution in [0, 0.1) is 0 Å². The van der Waals surface area contributed by atoms with Gasteiger partial charge in [0.05, 0.1) is 0 Å². The standard InChI is InChI=1S/C6H7.C5H5.2ClH.Zr/c1-6-4-2-3-5-6;1-2-4-5-3-1;;;/h4-5H,2H2,1H3;1-3H,4H2;2*1H;/q;;;;+2/p-2. The maximum atomic E-state index is 2.39. The summed E-state index contributed by atoms with van der Waals surface area (Å²) in [6, 6.07) is 0. The van der Waals surface area contributed by atoms with Crippen molar-refractivity contribution in [1.82, 2.24) is 0 Å². The summed E-state index contributed by atoms with van der Waals surface area (Å²) in [5.41, 5.74) is 1.47. The van der Waals surface area contributed by atoms with Crippen LogP contribution in [-0.2, 0) is 23.2 Å².